The number of hydrogen-bond acceptors (Lipinski definition) is 5. The van der Waals surface area contributed by atoms with Crippen LogP contribution < -0.4 is 5.32 Å². The van der Waals surface area contributed by atoms with E-state index in [1.807, 2.05) is 18.3 Å². The van der Waals surface area contributed by atoms with Crippen LogP contribution in [0.4, 0.5) is 5.69 Å². The molecule has 2 fully saturated rings. The predicted molar refractivity (Wildman–Crippen MR) is 132 cm³/mol. The van der Waals surface area contributed by atoms with E-state index in [2.05, 4.69) is 37.1 Å². The summed E-state index contributed by atoms with van der Waals surface area (Å²) in [4.78, 5) is 12.4. The molecule has 0 bridgehead atoms. The fraction of sp³-hybridized carbons (Fsp3) is 0.640. The monoisotopic (exact) mass is 443 g/mol. The molecule has 0 unspecified atom stereocenters. The predicted octanol–water partition coefficient (Wildman–Crippen LogP) is 4.57. The molecule has 2 saturated heterocycles. The molecule has 6 heteroatoms. The number of nitrogens with one attached hydrogen (secondary N) is 1. The van der Waals surface area contributed by atoms with Crippen molar-refractivity contribution in [1.29, 1.82) is 0 Å². The van der Waals surface area contributed by atoms with Crippen molar-refractivity contribution in [3.63, 3.8) is 0 Å². The van der Waals surface area contributed by atoms with Crippen molar-refractivity contribution in [3.05, 3.63) is 35.5 Å². The standard InChI is InChI=1S/C25H38ClN5/c26-22-7-8-23-24(9-11-28-25(23)21-22)27-10-5-14-30-17-19-31(20-18-30)16-6-15-29-12-3-1-2-4-13-29/h7-9,11,21H,1-6,10,12-20H2,(H,27,28). The molecule has 2 aliphatic heterocycles. The average molecular weight is 444 g/mol. The van der Waals surface area contributed by atoms with Gasteiger partial charge in [0, 0.05) is 55.0 Å². The number of halogens is 1. The lowest BCUT2D eigenvalue weighted by Gasteiger charge is -2.35. The van der Waals surface area contributed by atoms with E-state index in [4.69, 9.17) is 11.6 Å². The summed E-state index contributed by atoms with van der Waals surface area (Å²) in [5, 5.41) is 5.47. The first-order valence-electron chi connectivity index (χ1n) is 12.2. The molecule has 0 saturated carbocycles. The number of rotatable bonds is 9. The zero-order valence-electron chi connectivity index (χ0n) is 18.9. The molecular formula is C25H38ClN5. The number of piperazine rings is 1. The number of aromatic nitrogens is 1. The quantitative estimate of drug-likeness (QED) is 0.574. The van der Waals surface area contributed by atoms with Crippen molar-refractivity contribution in [2.24, 2.45) is 0 Å². The molecule has 1 N–H and O–H groups in total. The van der Waals surface area contributed by atoms with E-state index in [9.17, 15) is 0 Å². The maximum Gasteiger partial charge on any atom is 0.0737 e. The lowest BCUT2D eigenvalue weighted by atomic mass is 10.2. The van der Waals surface area contributed by atoms with Gasteiger partial charge in [0.25, 0.3) is 0 Å². The zero-order chi connectivity index (χ0) is 21.3. The van der Waals surface area contributed by atoms with Gasteiger partial charge in [-0.25, -0.2) is 0 Å². The lowest BCUT2D eigenvalue weighted by Crippen LogP contribution is -2.47. The summed E-state index contributed by atoms with van der Waals surface area (Å²) in [5.74, 6) is 0. The van der Waals surface area contributed by atoms with E-state index in [1.54, 1.807) is 0 Å². The summed E-state index contributed by atoms with van der Waals surface area (Å²) in [7, 11) is 0. The van der Waals surface area contributed by atoms with Gasteiger partial charge in [0.05, 0.1) is 5.52 Å². The van der Waals surface area contributed by atoms with Crippen LogP contribution in [-0.2, 0) is 0 Å². The van der Waals surface area contributed by atoms with E-state index in [1.165, 1.54) is 91.0 Å². The molecule has 0 aliphatic carbocycles. The molecule has 0 spiro atoms. The molecule has 1 aromatic carbocycles. The third-order valence-corrected chi connectivity index (χ3v) is 7.02. The van der Waals surface area contributed by atoms with E-state index in [0.717, 1.165) is 34.6 Å². The molecule has 3 heterocycles. The van der Waals surface area contributed by atoms with Crippen LogP contribution in [0.5, 0.6) is 0 Å². The second kappa shape index (κ2) is 12.0. The first kappa shape index (κ1) is 22.8. The number of likely N-dealkylation sites (tertiary alicyclic amines) is 1. The molecule has 31 heavy (non-hydrogen) atoms. The maximum absolute atomic E-state index is 6.09. The first-order valence-corrected chi connectivity index (χ1v) is 12.6. The van der Waals surface area contributed by atoms with Crippen molar-refractivity contribution in [2.75, 3.05) is 70.8 Å². The van der Waals surface area contributed by atoms with Crippen LogP contribution in [0.15, 0.2) is 30.5 Å². The highest BCUT2D eigenvalue weighted by atomic mass is 35.5. The minimum Gasteiger partial charge on any atom is -0.384 e. The Hall–Kier alpha value is -1.40. The van der Waals surface area contributed by atoms with Gasteiger partial charge in [0.1, 0.15) is 0 Å². The second-order valence-corrected chi connectivity index (χ2v) is 9.53. The van der Waals surface area contributed by atoms with Crippen molar-refractivity contribution in [2.45, 2.75) is 38.5 Å². The third-order valence-electron chi connectivity index (χ3n) is 6.78. The summed E-state index contributed by atoms with van der Waals surface area (Å²) >= 11 is 6.09. The Morgan fingerprint density at radius 1 is 0.774 bits per heavy atom. The molecule has 0 amide bonds. The van der Waals surface area contributed by atoms with Crippen LogP contribution in [0, 0.1) is 0 Å². The van der Waals surface area contributed by atoms with Crippen molar-refractivity contribution < 1.29 is 0 Å². The fourth-order valence-electron chi connectivity index (χ4n) is 4.92. The molecule has 0 atom stereocenters. The minimum atomic E-state index is 0.734. The maximum atomic E-state index is 6.09. The SMILES string of the molecule is Clc1ccc2c(NCCCN3CCN(CCCN4CCCCCC4)CC3)ccnc2c1. The summed E-state index contributed by atoms with van der Waals surface area (Å²) in [6.07, 6.45) is 10.0. The van der Waals surface area contributed by atoms with Gasteiger partial charge in [-0.1, -0.05) is 24.4 Å². The van der Waals surface area contributed by atoms with Gasteiger partial charge < -0.3 is 20.0 Å². The Balaban J connectivity index is 1.10. The van der Waals surface area contributed by atoms with Gasteiger partial charge >= 0.3 is 0 Å². The average Bonchev–Trinajstić information content (AvgIpc) is 3.06. The van der Waals surface area contributed by atoms with Gasteiger partial charge in [0.2, 0.25) is 0 Å². The zero-order valence-corrected chi connectivity index (χ0v) is 19.6. The third kappa shape index (κ3) is 7.04. The van der Waals surface area contributed by atoms with Gasteiger partial charge in [-0.05, 0) is 82.7 Å². The largest absolute Gasteiger partial charge is 0.384 e. The van der Waals surface area contributed by atoms with Crippen LogP contribution in [0.2, 0.25) is 5.02 Å². The molecule has 0 radical (unpaired) electrons. The number of hydrogen-bond donors (Lipinski definition) is 1. The van der Waals surface area contributed by atoms with Crippen LogP contribution in [-0.4, -0.2) is 85.1 Å². The smallest absolute Gasteiger partial charge is 0.0737 e. The van der Waals surface area contributed by atoms with E-state index in [-0.39, 0.29) is 0 Å². The Bertz CT molecular complexity index is 798. The Morgan fingerprint density at radius 3 is 2.13 bits per heavy atom. The van der Waals surface area contributed by atoms with E-state index < -0.39 is 0 Å². The highest BCUT2D eigenvalue weighted by Gasteiger charge is 2.16. The Kier molecular flexibility index (Phi) is 8.82. The molecule has 4 rings (SSSR count). The molecule has 2 aliphatic rings. The van der Waals surface area contributed by atoms with E-state index >= 15 is 0 Å². The first-order chi connectivity index (χ1) is 15.3. The topological polar surface area (TPSA) is 34.6 Å². The normalized spacial score (nSPS) is 19.5. The summed E-state index contributed by atoms with van der Waals surface area (Å²) in [5.41, 5.74) is 2.10. The Morgan fingerprint density at radius 2 is 1.42 bits per heavy atom. The number of benzene rings is 1. The minimum absolute atomic E-state index is 0.734. The molecule has 2 aromatic rings. The van der Waals surface area contributed by atoms with Gasteiger partial charge in [-0.2, -0.15) is 0 Å². The molecular weight excluding hydrogens is 406 g/mol. The molecule has 170 valence electrons. The summed E-state index contributed by atoms with van der Waals surface area (Å²) < 4.78 is 0. The van der Waals surface area contributed by atoms with Crippen LogP contribution in [0.25, 0.3) is 10.9 Å². The molecule has 5 nitrogen and oxygen atoms in total. The van der Waals surface area contributed by atoms with Crippen LogP contribution in [0.1, 0.15) is 38.5 Å². The summed E-state index contributed by atoms with van der Waals surface area (Å²) in [6, 6.07) is 7.97. The van der Waals surface area contributed by atoms with Crippen LogP contribution in [0.3, 0.4) is 0 Å². The number of nitrogens with zero attached hydrogens (tertiary/aromatic N) is 4. The van der Waals surface area contributed by atoms with Crippen LogP contribution >= 0.6 is 11.6 Å². The van der Waals surface area contributed by atoms with E-state index in [0.29, 0.717) is 0 Å². The van der Waals surface area contributed by atoms with Crippen molar-refractivity contribution in [1.82, 2.24) is 19.7 Å². The van der Waals surface area contributed by atoms with Gasteiger partial charge in [-0.3, -0.25) is 4.98 Å². The summed E-state index contributed by atoms with van der Waals surface area (Å²) in [6.45, 7) is 12.2. The van der Waals surface area contributed by atoms with Crippen molar-refractivity contribution in [3.8, 4) is 0 Å². The fourth-order valence-corrected chi connectivity index (χ4v) is 5.08. The number of anilines is 1. The highest BCUT2D eigenvalue weighted by molar-refractivity contribution is 6.31. The molecule has 1 aromatic heterocycles. The Labute approximate surface area is 192 Å². The number of pyridine rings is 1. The van der Waals surface area contributed by atoms with Gasteiger partial charge in [0.15, 0.2) is 0 Å². The number of fused-ring (bicyclic) bond motifs is 1. The highest BCUT2D eigenvalue weighted by Crippen LogP contribution is 2.24. The second-order valence-electron chi connectivity index (χ2n) is 9.09. The van der Waals surface area contributed by atoms with Gasteiger partial charge in [-0.15, -0.1) is 0 Å². The lowest BCUT2D eigenvalue weighted by molar-refractivity contribution is 0.126. The van der Waals surface area contributed by atoms with Crippen molar-refractivity contribution >= 4 is 28.2 Å².